The Balaban J connectivity index is 1.27. The number of piperazine rings is 1. The minimum absolute atomic E-state index is 0.0925. The first kappa shape index (κ1) is 22.1. The van der Waals surface area contributed by atoms with Crippen LogP contribution in [0.15, 0.2) is 72.9 Å². The number of amides is 1. The first-order valence-corrected chi connectivity index (χ1v) is 12.4. The van der Waals surface area contributed by atoms with Crippen molar-refractivity contribution in [3.05, 3.63) is 89.2 Å². The fourth-order valence-electron chi connectivity index (χ4n) is 5.51. The molecular weight excluding hydrogens is 460 g/mol. The highest BCUT2D eigenvalue weighted by Crippen LogP contribution is 2.34. The number of benzene rings is 2. The normalized spacial score (nSPS) is 19.9. The molecule has 6 nitrogen and oxygen atoms in total. The topological polar surface area (TPSA) is 50.1 Å². The molecule has 2 aromatic carbocycles. The van der Waals surface area contributed by atoms with E-state index < -0.39 is 0 Å². The average Bonchev–Trinajstić information content (AvgIpc) is 3.27. The summed E-state index contributed by atoms with van der Waals surface area (Å²) >= 11 is 6.14. The molecular formula is C28H27ClN4O2. The first-order valence-electron chi connectivity index (χ1n) is 12.0. The predicted octanol–water partition coefficient (Wildman–Crippen LogP) is 5.15. The molecule has 0 radical (unpaired) electrons. The maximum absolute atomic E-state index is 13.3. The molecule has 0 N–H and O–H groups in total. The number of pyridine rings is 1. The van der Waals surface area contributed by atoms with Crippen LogP contribution in [0.1, 0.15) is 28.9 Å². The van der Waals surface area contributed by atoms with Gasteiger partial charge in [-0.15, -0.1) is 0 Å². The monoisotopic (exact) mass is 486 g/mol. The summed E-state index contributed by atoms with van der Waals surface area (Å²) in [7, 11) is 1.63. The van der Waals surface area contributed by atoms with Gasteiger partial charge in [0.1, 0.15) is 11.4 Å². The lowest BCUT2D eigenvalue weighted by Crippen LogP contribution is -2.63. The molecule has 2 unspecified atom stereocenters. The molecule has 3 aliphatic heterocycles. The number of hydrogen-bond acceptors (Lipinski definition) is 4. The van der Waals surface area contributed by atoms with Crippen molar-refractivity contribution in [1.82, 2.24) is 19.2 Å². The summed E-state index contributed by atoms with van der Waals surface area (Å²) in [5.41, 5.74) is 4.84. The second-order valence-corrected chi connectivity index (χ2v) is 9.78. The Kier molecular flexibility index (Phi) is 5.71. The zero-order valence-electron chi connectivity index (χ0n) is 19.6. The van der Waals surface area contributed by atoms with E-state index in [0.717, 1.165) is 49.4 Å². The Labute approximate surface area is 209 Å². The van der Waals surface area contributed by atoms with Gasteiger partial charge in [0.2, 0.25) is 0 Å². The van der Waals surface area contributed by atoms with Crippen molar-refractivity contribution in [2.45, 2.75) is 31.5 Å². The Hall–Kier alpha value is -3.35. The quantitative estimate of drug-likeness (QED) is 0.391. The SMILES string of the molecule is COc1cccc(C(=O)N2CC3CCC2CN3Cc2c(-c3ccc(Cl)cc3)nc3ccccn23)c1. The van der Waals surface area contributed by atoms with Gasteiger partial charge in [-0.2, -0.15) is 0 Å². The molecule has 0 aliphatic carbocycles. The third kappa shape index (κ3) is 4.07. The zero-order chi connectivity index (χ0) is 23.9. The summed E-state index contributed by atoms with van der Waals surface area (Å²) in [6.45, 7) is 2.39. The molecule has 5 heterocycles. The zero-order valence-corrected chi connectivity index (χ0v) is 20.4. The van der Waals surface area contributed by atoms with Gasteiger partial charge in [-0.3, -0.25) is 9.69 Å². The molecule has 0 spiro atoms. The van der Waals surface area contributed by atoms with Gasteiger partial charge in [0, 0.05) is 54.1 Å². The Morgan fingerprint density at radius 3 is 2.63 bits per heavy atom. The van der Waals surface area contributed by atoms with Gasteiger partial charge in [0.15, 0.2) is 0 Å². The van der Waals surface area contributed by atoms with Crippen molar-refractivity contribution in [1.29, 1.82) is 0 Å². The second-order valence-electron chi connectivity index (χ2n) is 9.35. The number of imidazole rings is 1. The van der Waals surface area contributed by atoms with Crippen LogP contribution in [-0.2, 0) is 6.54 Å². The highest BCUT2D eigenvalue weighted by molar-refractivity contribution is 6.30. The Bertz CT molecular complexity index is 1380. The molecule has 7 rings (SSSR count). The van der Waals surface area contributed by atoms with Crippen LogP contribution in [0, 0.1) is 0 Å². The number of nitrogens with zero attached hydrogens (tertiary/aromatic N) is 4. The van der Waals surface area contributed by atoms with E-state index in [1.165, 1.54) is 5.69 Å². The number of methoxy groups -OCH3 is 1. The molecule has 35 heavy (non-hydrogen) atoms. The highest BCUT2D eigenvalue weighted by atomic mass is 35.5. The van der Waals surface area contributed by atoms with Crippen molar-refractivity contribution in [3.63, 3.8) is 0 Å². The van der Waals surface area contributed by atoms with Gasteiger partial charge in [-0.1, -0.05) is 35.9 Å². The molecule has 1 amide bonds. The minimum Gasteiger partial charge on any atom is -0.497 e. The fourth-order valence-corrected chi connectivity index (χ4v) is 5.63. The number of carbonyl (C=O) groups is 1. The largest absolute Gasteiger partial charge is 0.497 e. The Morgan fingerprint density at radius 1 is 1.03 bits per heavy atom. The molecule has 3 aliphatic rings. The number of halogens is 1. The van der Waals surface area contributed by atoms with Gasteiger partial charge >= 0.3 is 0 Å². The van der Waals surface area contributed by atoms with Gasteiger partial charge in [-0.25, -0.2) is 4.98 Å². The molecule has 3 fully saturated rings. The van der Waals surface area contributed by atoms with Crippen LogP contribution in [0.5, 0.6) is 5.75 Å². The lowest BCUT2D eigenvalue weighted by Gasteiger charge is -2.51. The molecule has 3 saturated heterocycles. The smallest absolute Gasteiger partial charge is 0.254 e. The molecule has 2 atom stereocenters. The summed E-state index contributed by atoms with van der Waals surface area (Å²) < 4.78 is 7.51. The lowest BCUT2D eigenvalue weighted by molar-refractivity contribution is -0.0159. The van der Waals surface area contributed by atoms with E-state index in [9.17, 15) is 4.79 Å². The van der Waals surface area contributed by atoms with Gasteiger partial charge in [-0.05, 0) is 55.3 Å². The molecule has 4 aromatic rings. The van der Waals surface area contributed by atoms with Crippen molar-refractivity contribution in [2.75, 3.05) is 20.2 Å². The summed E-state index contributed by atoms with van der Waals surface area (Å²) in [6, 6.07) is 22.0. The van der Waals surface area contributed by atoms with E-state index in [1.54, 1.807) is 7.11 Å². The lowest BCUT2D eigenvalue weighted by atomic mass is 9.89. The van der Waals surface area contributed by atoms with E-state index in [-0.39, 0.29) is 11.9 Å². The molecule has 178 valence electrons. The maximum Gasteiger partial charge on any atom is 0.254 e. The van der Waals surface area contributed by atoms with Crippen LogP contribution in [0.25, 0.3) is 16.9 Å². The van der Waals surface area contributed by atoms with Crippen LogP contribution < -0.4 is 4.74 Å². The van der Waals surface area contributed by atoms with Crippen LogP contribution in [0.2, 0.25) is 5.02 Å². The fraction of sp³-hybridized carbons (Fsp3) is 0.286. The molecule has 7 heteroatoms. The summed E-state index contributed by atoms with van der Waals surface area (Å²) in [5.74, 6) is 0.803. The predicted molar refractivity (Wildman–Crippen MR) is 137 cm³/mol. The molecule has 2 bridgehead atoms. The average molecular weight is 487 g/mol. The van der Waals surface area contributed by atoms with E-state index >= 15 is 0 Å². The van der Waals surface area contributed by atoms with Crippen LogP contribution in [0.4, 0.5) is 0 Å². The van der Waals surface area contributed by atoms with E-state index in [0.29, 0.717) is 22.4 Å². The van der Waals surface area contributed by atoms with Gasteiger partial charge in [0.05, 0.1) is 18.5 Å². The van der Waals surface area contributed by atoms with Crippen molar-refractivity contribution >= 4 is 23.2 Å². The van der Waals surface area contributed by atoms with Gasteiger partial charge < -0.3 is 14.0 Å². The Morgan fingerprint density at radius 2 is 1.86 bits per heavy atom. The third-order valence-corrected chi connectivity index (χ3v) is 7.57. The van der Waals surface area contributed by atoms with Crippen molar-refractivity contribution in [3.8, 4) is 17.0 Å². The van der Waals surface area contributed by atoms with Crippen LogP contribution in [0.3, 0.4) is 0 Å². The van der Waals surface area contributed by atoms with Gasteiger partial charge in [0.25, 0.3) is 5.91 Å². The van der Waals surface area contributed by atoms with Crippen LogP contribution in [-0.4, -0.2) is 57.4 Å². The number of aromatic nitrogens is 2. The summed E-state index contributed by atoms with van der Waals surface area (Å²) in [4.78, 5) is 22.9. The first-order chi connectivity index (χ1) is 17.1. The number of rotatable bonds is 5. The number of ether oxygens (including phenoxy) is 1. The van der Waals surface area contributed by atoms with E-state index in [1.807, 2.05) is 66.7 Å². The second kappa shape index (κ2) is 9.02. The van der Waals surface area contributed by atoms with Crippen molar-refractivity contribution in [2.24, 2.45) is 0 Å². The maximum atomic E-state index is 13.3. The summed E-state index contributed by atoms with van der Waals surface area (Å²) in [5, 5.41) is 0.716. The number of fused-ring (bicyclic) bond motifs is 4. The third-order valence-electron chi connectivity index (χ3n) is 7.32. The molecule has 2 aromatic heterocycles. The standard InChI is InChI=1S/C28H27ClN4O2/c1-35-24-6-4-5-20(15-24)28(34)33-17-22-12-13-23(33)16-31(22)18-25-27(19-8-10-21(29)11-9-19)30-26-7-2-3-14-32(25)26/h2-11,14-15,22-23H,12-13,16-18H2,1H3. The summed E-state index contributed by atoms with van der Waals surface area (Å²) in [6.07, 6.45) is 4.21. The molecule has 0 saturated carbocycles. The number of hydrogen-bond donors (Lipinski definition) is 0. The van der Waals surface area contributed by atoms with E-state index in [2.05, 4.69) is 20.4 Å². The van der Waals surface area contributed by atoms with Crippen molar-refractivity contribution < 1.29 is 9.53 Å². The van der Waals surface area contributed by atoms with Crippen LogP contribution >= 0.6 is 11.6 Å². The number of carbonyl (C=O) groups excluding carboxylic acids is 1. The minimum atomic E-state index is 0.0925. The number of piperidine rings is 2. The van der Waals surface area contributed by atoms with E-state index in [4.69, 9.17) is 21.3 Å². The highest BCUT2D eigenvalue weighted by Gasteiger charge is 2.41.